The van der Waals surface area contributed by atoms with Gasteiger partial charge in [0.1, 0.15) is 11.3 Å². The van der Waals surface area contributed by atoms with Crippen molar-refractivity contribution >= 4 is 22.9 Å². The number of benzene rings is 1. The van der Waals surface area contributed by atoms with Gasteiger partial charge >= 0.3 is 11.7 Å². The van der Waals surface area contributed by atoms with Gasteiger partial charge in [0.2, 0.25) is 5.91 Å². The van der Waals surface area contributed by atoms with Gasteiger partial charge in [0.05, 0.1) is 5.92 Å². The van der Waals surface area contributed by atoms with Crippen LogP contribution in [0.1, 0.15) is 18.1 Å². The van der Waals surface area contributed by atoms with Gasteiger partial charge in [-0.3, -0.25) is 9.78 Å². The quantitative estimate of drug-likeness (QED) is 0.540. The van der Waals surface area contributed by atoms with Crippen LogP contribution in [0.15, 0.2) is 58.0 Å². The van der Waals surface area contributed by atoms with E-state index in [0.717, 1.165) is 21.4 Å². The van der Waals surface area contributed by atoms with E-state index in [0.29, 0.717) is 11.3 Å². The number of carbonyl (C=O) groups is 2. The van der Waals surface area contributed by atoms with Crippen LogP contribution in [0.4, 0.5) is 4.79 Å². The molecule has 1 fully saturated rings. The minimum Gasteiger partial charge on any atom is -0.469 e. The Morgan fingerprint density at radius 1 is 1.21 bits per heavy atom. The highest BCUT2D eigenvalue weighted by molar-refractivity contribution is 6.00. The third kappa shape index (κ3) is 3.56. The Kier molecular flexibility index (Phi) is 4.75. The zero-order valence-electron chi connectivity index (χ0n) is 15.9. The van der Waals surface area contributed by atoms with Gasteiger partial charge in [-0.1, -0.05) is 0 Å². The Morgan fingerprint density at radius 3 is 2.72 bits per heavy atom. The zero-order valence-corrected chi connectivity index (χ0v) is 15.9. The van der Waals surface area contributed by atoms with Crippen LogP contribution < -0.4 is 15.7 Å². The van der Waals surface area contributed by atoms with Crippen LogP contribution in [0.25, 0.3) is 11.0 Å². The lowest BCUT2D eigenvalue weighted by Gasteiger charge is -2.43. The summed E-state index contributed by atoms with van der Waals surface area (Å²) in [4.78, 5) is 41.3. The van der Waals surface area contributed by atoms with E-state index >= 15 is 0 Å². The molecule has 0 saturated carbocycles. The monoisotopic (exact) mass is 393 g/mol. The van der Waals surface area contributed by atoms with Crippen LogP contribution >= 0.6 is 0 Å². The average Bonchev–Trinajstić information content (AvgIpc) is 2.72. The highest BCUT2D eigenvalue weighted by atomic mass is 16.5. The fourth-order valence-corrected chi connectivity index (χ4v) is 3.26. The standard InChI is InChI=1S/C21H19N3O5/c1-12-9-18(25)29-17-10-15(3-4-16(12)17)28-20-13(2)19(26)24(20)21(27)23-11-14-5-7-22-8-6-14/h3-10,13,20H,11H2,1-2H3,(H,23,27)/t13-,20+/m1/s1. The number of fused-ring (bicyclic) bond motifs is 1. The largest absolute Gasteiger partial charge is 0.469 e. The summed E-state index contributed by atoms with van der Waals surface area (Å²) >= 11 is 0. The zero-order chi connectivity index (χ0) is 20.5. The molecule has 8 heteroatoms. The van der Waals surface area contributed by atoms with E-state index in [9.17, 15) is 14.4 Å². The maximum Gasteiger partial charge on any atom is 0.336 e. The summed E-state index contributed by atoms with van der Waals surface area (Å²) < 4.78 is 11.1. The van der Waals surface area contributed by atoms with Crippen LogP contribution in [0.2, 0.25) is 0 Å². The van der Waals surface area contributed by atoms with Gasteiger partial charge in [-0.25, -0.2) is 14.5 Å². The Bertz CT molecular complexity index is 1140. The lowest BCUT2D eigenvalue weighted by Crippen LogP contribution is -2.66. The number of nitrogens with one attached hydrogen (secondary N) is 1. The summed E-state index contributed by atoms with van der Waals surface area (Å²) in [6.45, 7) is 3.79. The molecule has 0 radical (unpaired) electrons. The first kappa shape index (κ1) is 18.7. The van der Waals surface area contributed by atoms with Gasteiger partial charge in [-0.2, -0.15) is 0 Å². The molecular formula is C21H19N3O5. The molecule has 148 valence electrons. The number of amides is 3. The summed E-state index contributed by atoms with van der Waals surface area (Å²) in [7, 11) is 0. The molecule has 1 aliphatic rings. The SMILES string of the molecule is Cc1cc(=O)oc2cc(O[C@H]3[C@H](C)C(=O)N3C(=O)NCc3ccncc3)ccc12. The van der Waals surface area contributed by atoms with Crippen molar-refractivity contribution in [3.8, 4) is 5.75 Å². The lowest BCUT2D eigenvalue weighted by atomic mass is 9.98. The molecule has 2 atom stereocenters. The predicted molar refractivity (Wildman–Crippen MR) is 104 cm³/mol. The molecule has 1 N–H and O–H groups in total. The number of nitrogens with zero attached hydrogens (tertiary/aromatic N) is 2. The smallest absolute Gasteiger partial charge is 0.336 e. The van der Waals surface area contributed by atoms with Crippen molar-refractivity contribution < 1.29 is 18.7 Å². The first-order valence-corrected chi connectivity index (χ1v) is 9.15. The number of hydrogen-bond acceptors (Lipinski definition) is 6. The van der Waals surface area contributed by atoms with E-state index in [4.69, 9.17) is 9.15 Å². The van der Waals surface area contributed by atoms with Crippen LogP contribution in [0, 0.1) is 12.8 Å². The second-order valence-corrected chi connectivity index (χ2v) is 6.93. The van der Waals surface area contributed by atoms with E-state index in [2.05, 4.69) is 10.3 Å². The lowest BCUT2D eigenvalue weighted by molar-refractivity contribution is -0.164. The summed E-state index contributed by atoms with van der Waals surface area (Å²) in [5.41, 5.74) is 1.61. The summed E-state index contributed by atoms with van der Waals surface area (Å²) in [5, 5.41) is 3.50. The van der Waals surface area contributed by atoms with Crippen LogP contribution in [-0.4, -0.2) is 28.1 Å². The van der Waals surface area contributed by atoms with Crippen molar-refractivity contribution in [3.63, 3.8) is 0 Å². The van der Waals surface area contributed by atoms with Gasteiger partial charge in [0, 0.05) is 36.5 Å². The molecule has 0 spiro atoms. The first-order chi connectivity index (χ1) is 13.9. The second-order valence-electron chi connectivity index (χ2n) is 6.93. The highest BCUT2D eigenvalue weighted by Gasteiger charge is 2.50. The molecule has 0 unspecified atom stereocenters. The van der Waals surface area contributed by atoms with Crippen molar-refractivity contribution in [2.45, 2.75) is 26.6 Å². The Balaban J connectivity index is 1.49. The van der Waals surface area contributed by atoms with Crippen LogP contribution in [0.3, 0.4) is 0 Å². The number of carbonyl (C=O) groups excluding carboxylic acids is 2. The molecular weight excluding hydrogens is 374 g/mol. The molecule has 3 heterocycles. The number of rotatable bonds is 4. The molecule has 4 rings (SSSR count). The van der Waals surface area contributed by atoms with Crippen molar-refractivity contribution in [3.05, 3.63) is 70.3 Å². The third-order valence-electron chi connectivity index (χ3n) is 4.90. The molecule has 2 aromatic heterocycles. The van der Waals surface area contributed by atoms with Gasteiger partial charge in [-0.15, -0.1) is 0 Å². The molecule has 1 aliphatic heterocycles. The number of ether oxygens (including phenoxy) is 1. The van der Waals surface area contributed by atoms with Gasteiger partial charge in [-0.05, 0) is 49.2 Å². The number of hydrogen-bond donors (Lipinski definition) is 1. The van der Waals surface area contributed by atoms with Gasteiger partial charge < -0.3 is 14.5 Å². The molecule has 0 bridgehead atoms. The van der Waals surface area contributed by atoms with Gasteiger partial charge in [0.15, 0.2) is 6.23 Å². The number of aryl methyl sites for hydroxylation is 1. The van der Waals surface area contributed by atoms with Crippen LogP contribution in [-0.2, 0) is 11.3 Å². The van der Waals surface area contributed by atoms with Crippen molar-refractivity contribution in [1.82, 2.24) is 15.2 Å². The highest BCUT2D eigenvalue weighted by Crippen LogP contribution is 2.31. The molecule has 0 aliphatic carbocycles. The van der Waals surface area contributed by atoms with E-state index in [1.54, 1.807) is 49.6 Å². The third-order valence-corrected chi connectivity index (χ3v) is 4.90. The summed E-state index contributed by atoms with van der Waals surface area (Å²) in [5.74, 6) is -0.380. The van der Waals surface area contributed by atoms with E-state index in [1.807, 2.05) is 6.92 Å². The Labute approximate surface area is 166 Å². The summed E-state index contributed by atoms with van der Waals surface area (Å²) in [6.07, 6.45) is 2.52. The van der Waals surface area contributed by atoms with E-state index < -0.39 is 23.8 Å². The number of imide groups is 1. The fourth-order valence-electron chi connectivity index (χ4n) is 3.26. The van der Waals surface area contributed by atoms with Crippen LogP contribution in [0.5, 0.6) is 5.75 Å². The van der Waals surface area contributed by atoms with Gasteiger partial charge in [0.25, 0.3) is 0 Å². The van der Waals surface area contributed by atoms with Crippen molar-refractivity contribution in [1.29, 1.82) is 0 Å². The number of likely N-dealkylation sites (tertiary alicyclic amines) is 1. The maximum atomic E-state index is 12.5. The average molecular weight is 393 g/mol. The maximum absolute atomic E-state index is 12.5. The first-order valence-electron chi connectivity index (χ1n) is 9.15. The van der Waals surface area contributed by atoms with E-state index in [-0.39, 0.29) is 12.5 Å². The van der Waals surface area contributed by atoms with E-state index in [1.165, 1.54) is 6.07 Å². The summed E-state index contributed by atoms with van der Waals surface area (Å²) in [6, 6.07) is 9.54. The molecule has 3 amide bonds. The predicted octanol–water partition coefficient (Wildman–Crippen LogP) is 2.59. The number of aromatic nitrogens is 1. The number of pyridine rings is 1. The topological polar surface area (TPSA) is 102 Å². The molecule has 8 nitrogen and oxygen atoms in total. The Hall–Kier alpha value is -3.68. The van der Waals surface area contributed by atoms with Crippen molar-refractivity contribution in [2.24, 2.45) is 5.92 Å². The Morgan fingerprint density at radius 2 is 1.97 bits per heavy atom. The minimum atomic E-state index is -0.742. The van der Waals surface area contributed by atoms with Crippen molar-refractivity contribution in [2.75, 3.05) is 0 Å². The fraction of sp³-hybridized carbons (Fsp3) is 0.238. The molecule has 1 aromatic carbocycles. The number of urea groups is 1. The molecule has 1 saturated heterocycles. The minimum absolute atomic E-state index is 0.270. The molecule has 3 aromatic rings. The normalized spacial score (nSPS) is 18.4. The second kappa shape index (κ2) is 7.38. The number of β-lactam (4-membered cyclic amide) rings is 1. The molecule has 29 heavy (non-hydrogen) atoms.